The fourth-order valence-corrected chi connectivity index (χ4v) is 4.91. The summed E-state index contributed by atoms with van der Waals surface area (Å²) in [6.45, 7) is -2.00. The van der Waals surface area contributed by atoms with Crippen molar-refractivity contribution >= 4 is 28.6 Å². The number of nitrogens with one attached hydrogen (secondary N) is 3. The number of aromatic amines is 1. The fourth-order valence-electron chi connectivity index (χ4n) is 4.91. The Balaban J connectivity index is 1.20. The lowest BCUT2D eigenvalue weighted by Crippen LogP contribution is -2.49. The Morgan fingerprint density at radius 2 is 1.95 bits per heavy atom. The van der Waals surface area contributed by atoms with Crippen LogP contribution in [0.3, 0.4) is 0 Å². The number of amides is 3. The number of H-pyrrole nitrogens is 1. The van der Waals surface area contributed by atoms with Gasteiger partial charge in [0.15, 0.2) is 0 Å². The van der Waals surface area contributed by atoms with Gasteiger partial charge < -0.3 is 30.0 Å². The smallest absolute Gasteiger partial charge is 0.345 e. The molecule has 0 saturated carbocycles. The largest absolute Gasteiger partial charge is 0.457 e. The summed E-state index contributed by atoms with van der Waals surface area (Å²) < 4.78 is 49.7. The van der Waals surface area contributed by atoms with Gasteiger partial charge in [0, 0.05) is 47.5 Å². The average molecular weight is 596 g/mol. The average Bonchev–Trinajstić information content (AvgIpc) is 3.60. The standard InChI is InChI=1S/C30H28F3N5O5/c1-17-9-20(31)5-6-26(17)42-22-4-2-3-18(11-22)28(40)36-15-27(39)38-16-23(43-30(32)33)12-25(38)29(41)35-14-21-10-19-13-34-8-7-24(19)37-21/h2-11,13,23,25,30,37H,12,14-16H2,1H3,(H,35,41)(H,36,40)/t23-,25+/m1/s1. The topological polar surface area (TPSA) is 126 Å². The molecule has 2 atom stereocenters. The lowest BCUT2D eigenvalue weighted by atomic mass is 10.1. The van der Waals surface area contributed by atoms with Gasteiger partial charge in [-0.15, -0.1) is 0 Å². The third-order valence-corrected chi connectivity index (χ3v) is 6.97. The van der Waals surface area contributed by atoms with Crippen LogP contribution in [0.2, 0.25) is 0 Å². The lowest BCUT2D eigenvalue weighted by Gasteiger charge is -2.24. The molecule has 1 fully saturated rings. The van der Waals surface area contributed by atoms with E-state index in [1.165, 1.54) is 30.3 Å². The molecule has 0 unspecified atom stereocenters. The van der Waals surface area contributed by atoms with Crippen LogP contribution in [0.1, 0.15) is 28.0 Å². The van der Waals surface area contributed by atoms with Crippen molar-refractivity contribution in [2.45, 2.75) is 38.6 Å². The molecule has 13 heteroatoms. The molecular formula is C30H28F3N5O5. The normalized spacial score (nSPS) is 16.4. The second kappa shape index (κ2) is 12.9. The highest BCUT2D eigenvalue weighted by molar-refractivity contribution is 5.97. The number of halogens is 3. The minimum absolute atomic E-state index is 0.110. The van der Waals surface area contributed by atoms with Gasteiger partial charge in [0.25, 0.3) is 5.91 Å². The maximum absolute atomic E-state index is 13.4. The van der Waals surface area contributed by atoms with Gasteiger partial charge in [-0.3, -0.25) is 19.4 Å². The number of aryl methyl sites for hydroxylation is 1. The summed E-state index contributed by atoms with van der Waals surface area (Å²) >= 11 is 0. The highest BCUT2D eigenvalue weighted by atomic mass is 19.3. The van der Waals surface area contributed by atoms with Crippen molar-refractivity contribution < 1.29 is 37.0 Å². The monoisotopic (exact) mass is 595 g/mol. The molecule has 3 heterocycles. The highest BCUT2D eigenvalue weighted by Crippen LogP contribution is 2.26. The van der Waals surface area contributed by atoms with Crippen LogP contribution < -0.4 is 15.4 Å². The van der Waals surface area contributed by atoms with Crippen LogP contribution in [0.15, 0.2) is 67.0 Å². The number of carbonyl (C=O) groups is 3. The molecule has 0 spiro atoms. The first-order valence-electron chi connectivity index (χ1n) is 13.4. The number of alkyl halides is 2. The quantitative estimate of drug-likeness (QED) is 0.254. The molecule has 5 rings (SSSR count). The Hall–Kier alpha value is -4.91. The summed E-state index contributed by atoms with van der Waals surface area (Å²) in [7, 11) is 0. The van der Waals surface area contributed by atoms with Gasteiger partial charge in [-0.2, -0.15) is 8.78 Å². The molecule has 4 aromatic rings. The number of ether oxygens (including phenoxy) is 2. The van der Waals surface area contributed by atoms with Crippen LogP contribution in [-0.4, -0.2) is 64.4 Å². The maximum Gasteiger partial charge on any atom is 0.345 e. The molecular weight excluding hydrogens is 567 g/mol. The Morgan fingerprint density at radius 1 is 1.12 bits per heavy atom. The molecule has 0 bridgehead atoms. The van der Waals surface area contributed by atoms with Crippen molar-refractivity contribution in [3.8, 4) is 11.5 Å². The van der Waals surface area contributed by atoms with Crippen LogP contribution in [0.4, 0.5) is 13.2 Å². The molecule has 0 aliphatic carbocycles. The Labute approximate surface area is 244 Å². The van der Waals surface area contributed by atoms with Crippen LogP contribution in [0.5, 0.6) is 11.5 Å². The number of aromatic nitrogens is 2. The predicted molar refractivity (Wildman–Crippen MR) is 149 cm³/mol. The third kappa shape index (κ3) is 7.30. The van der Waals surface area contributed by atoms with Gasteiger partial charge in [0.05, 0.1) is 19.2 Å². The molecule has 43 heavy (non-hydrogen) atoms. The van der Waals surface area contributed by atoms with Crippen LogP contribution in [0, 0.1) is 12.7 Å². The number of nitrogens with zero attached hydrogens (tertiary/aromatic N) is 2. The van der Waals surface area contributed by atoms with Crippen molar-refractivity contribution in [1.29, 1.82) is 0 Å². The van der Waals surface area contributed by atoms with Gasteiger partial charge >= 0.3 is 6.61 Å². The Bertz CT molecular complexity index is 1610. The Morgan fingerprint density at radius 3 is 2.72 bits per heavy atom. The van der Waals surface area contributed by atoms with E-state index >= 15 is 0 Å². The van der Waals surface area contributed by atoms with E-state index in [-0.39, 0.29) is 25.1 Å². The molecule has 0 radical (unpaired) electrons. The molecule has 1 aliphatic rings. The number of rotatable bonds is 10. The van der Waals surface area contributed by atoms with E-state index in [2.05, 4.69) is 25.3 Å². The van der Waals surface area contributed by atoms with E-state index in [1.54, 1.807) is 37.5 Å². The first-order valence-corrected chi connectivity index (χ1v) is 13.4. The van der Waals surface area contributed by atoms with Crippen molar-refractivity contribution in [3.05, 3.63) is 89.6 Å². The SMILES string of the molecule is Cc1cc(F)ccc1Oc1cccc(C(=O)NCC(=O)N2C[C@H](OC(F)F)C[C@H]2C(=O)NCc2cc3cnccc3[nH]2)c1. The van der Waals surface area contributed by atoms with E-state index in [0.29, 0.717) is 22.8 Å². The minimum atomic E-state index is -3.07. The summed E-state index contributed by atoms with van der Waals surface area (Å²) in [6, 6.07) is 12.8. The van der Waals surface area contributed by atoms with Gasteiger partial charge in [-0.05, 0) is 61.0 Å². The summed E-state index contributed by atoms with van der Waals surface area (Å²) in [5.41, 5.74) is 2.28. The zero-order valence-electron chi connectivity index (χ0n) is 23.0. The maximum atomic E-state index is 13.4. The summed E-state index contributed by atoms with van der Waals surface area (Å²) in [5.74, 6) is -1.45. The number of hydrogen-bond donors (Lipinski definition) is 3. The molecule has 2 aromatic heterocycles. The van der Waals surface area contributed by atoms with Crippen LogP contribution in [0.25, 0.3) is 10.9 Å². The number of carbonyl (C=O) groups excluding carboxylic acids is 3. The Kier molecular flexibility index (Phi) is 8.90. The molecule has 2 aromatic carbocycles. The highest BCUT2D eigenvalue weighted by Gasteiger charge is 2.41. The van der Waals surface area contributed by atoms with E-state index < -0.39 is 48.8 Å². The number of likely N-dealkylation sites (tertiary alicyclic amines) is 1. The number of fused-ring (bicyclic) bond motifs is 1. The molecule has 10 nitrogen and oxygen atoms in total. The van der Waals surface area contributed by atoms with Crippen LogP contribution in [-0.2, 0) is 20.9 Å². The van der Waals surface area contributed by atoms with Gasteiger partial charge in [0.2, 0.25) is 11.8 Å². The fraction of sp³-hybridized carbons (Fsp3) is 0.267. The third-order valence-electron chi connectivity index (χ3n) is 6.97. The van der Waals surface area contributed by atoms with Gasteiger partial charge in [0.1, 0.15) is 23.4 Å². The van der Waals surface area contributed by atoms with E-state index in [1.807, 2.05) is 6.07 Å². The number of hydrogen-bond acceptors (Lipinski definition) is 6. The van der Waals surface area contributed by atoms with Crippen LogP contribution >= 0.6 is 0 Å². The molecule has 3 amide bonds. The van der Waals surface area contributed by atoms with Crippen molar-refractivity contribution in [3.63, 3.8) is 0 Å². The lowest BCUT2D eigenvalue weighted by molar-refractivity contribution is -0.160. The molecule has 224 valence electrons. The summed E-state index contributed by atoms with van der Waals surface area (Å²) in [5, 5.41) is 6.10. The summed E-state index contributed by atoms with van der Waals surface area (Å²) in [4.78, 5) is 47.4. The number of pyridine rings is 1. The predicted octanol–water partition coefficient (Wildman–Crippen LogP) is 4.06. The van der Waals surface area contributed by atoms with Crippen molar-refractivity contribution in [1.82, 2.24) is 25.5 Å². The molecule has 1 aliphatic heterocycles. The minimum Gasteiger partial charge on any atom is -0.457 e. The van der Waals surface area contributed by atoms with E-state index in [9.17, 15) is 27.6 Å². The molecule has 3 N–H and O–H groups in total. The number of benzene rings is 2. The van der Waals surface area contributed by atoms with Crippen molar-refractivity contribution in [2.75, 3.05) is 13.1 Å². The first-order chi connectivity index (χ1) is 20.7. The van der Waals surface area contributed by atoms with Gasteiger partial charge in [-0.1, -0.05) is 6.07 Å². The first kappa shape index (κ1) is 29.6. The summed E-state index contributed by atoms with van der Waals surface area (Å²) in [6.07, 6.45) is 2.11. The zero-order chi connectivity index (χ0) is 30.5. The van der Waals surface area contributed by atoms with Crippen molar-refractivity contribution in [2.24, 2.45) is 0 Å². The second-order valence-corrected chi connectivity index (χ2v) is 10.0. The van der Waals surface area contributed by atoms with E-state index in [4.69, 9.17) is 4.74 Å². The van der Waals surface area contributed by atoms with Gasteiger partial charge in [-0.25, -0.2) is 4.39 Å². The molecule has 1 saturated heterocycles. The second-order valence-electron chi connectivity index (χ2n) is 10.0. The van der Waals surface area contributed by atoms with E-state index in [0.717, 1.165) is 15.8 Å². The zero-order valence-corrected chi connectivity index (χ0v) is 23.0.